The Balaban J connectivity index is 3.55. The first kappa shape index (κ1) is 15.8. The van der Waals surface area contributed by atoms with Gasteiger partial charge in [0.2, 0.25) is 0 Å². The lowest BCUT2D eigenvalue weighted by Crippen LogP contribution is -2.43. The molecule has 98 valence electrons. The maximum absolute atomic E-state index is 8.93. The number of nitrogens with zero attached hydrogens (tertiary/aromatic N) is 2. The fraction of sp³-hybridized carbons (Fsp3) is 1.00. The van der Waals surface area contributed by atoms with E-state index >= 15 is 0 Å². The molecule has 0 aromatic rings. The van der Waals surface area contributed by atoms with Gasteiger partial charge in [-0.25, -0.2) is 0 Å². The Labute approximate surface area is 101 Å². The molecule has 4 heteroatoms. The summed E-state index contributed by atoms with van der Waals surface area (Å²) in [5, 5.41) is 12.4. The van der Waals surface area contributed by atoms with Crippen molar-refractivity contribution >= 4 is 0 Å². The first-order valence-corrected chi connectivity index (χ1v) is 6.23. The molecule has 0 fully saturated rings. The van der Waals surface area contributed by atoms with E-state index in [4.69, 9.17) is 5.11 Å². The Morgan fingerprint density at radius 2 is 1.75 bits per heavy atom. The highest BCUT2D eigenvalue weighted by atomic mass is 16.3. The predicted octanol–water partition coefficient (Wildman–Crippen LogP) is -0.0151. The first-order chi connectivity index (χ1) is 7.37. The zero-order valence-corrected chi connectivity index (χ0v) is 11.7. The number of likely N-dealkylation sites (N-methyl/N-ethyl adjacent to an activating group) is 1. The zero-order valence-electron chi connectivity index (χ0n) is 11.7. The fourth-order valence-electron chi connectivity index (χ4n) is 1.52. The molecule has 0 aliphatic rings. The van der Waals surface area contributed by atoms with Gasteiger partial charge in [-0.1, -0.05) is 0 Å². The van der Waals surface area contributed by atoms with Gasteiger partial charge in [-0.2, -0.15) is 0 Å². The zero-order chi connectivity index (χ0) is 12.6. The number of aliphatic hydroxyl groups excluding tert-OH is 1. The third-order valence-electron chi connectivity index (χ3n) is 2.65. The van der Waals surface area contributed by atoms with E-state index in [1.807, 2.05) is 0 Å². The maximum Gasteiger partial charge on any atom is 0.0907 e. The number of aliphatic hydroxyl groups is 1. The number of nitrogens with one attached hydrogen (secondary N) is 1. The molecule has 2 N–H and O–H groups in total. The van der Waals surface area contributed by atoms with Crippen LogP contribution in [0.3, 0.4) is 0 Å². The molecule has 0 aromatic carbocycles. The van der Waals surface area contributed by atoms with E-state index < -0.39 is 0 Å². The minimum atomic E-state index is 0.247. The third-order valence-corrected chi connectivity index (χ3v) is 2.65. The average Bonchev–Trinajstić information content (AvgIpc) is 2.13. The van der Waals surface area contributed by atoms with Crippen LogP contribution < -0.4 is 5.32 Å². The van der Waals surface area contributed by atoms with Crippen LogP contribution >= 0.6 is 0 Å². The number of hydrogen-bond acceptors (Lipinski definition) is 3. The Morgan fingerprint density at radius 3 is 2.19 bits per heavy atom. The van der Waals surface area contributed by atoms with Gasteiger partial charge in [0.05, 0.1) is 34.3 Å². The number of quaternary nitrogens is 1. The lowest BCUT2D eigenvalue weighted by molar-refractivity contribution is -0.869. The van der Waals surface area contributed by atoms with Crippen LogP contribution in [0.1, 0.15) is 13.8 Å². The molecule has 0 spiro atoms. The van der Waals surface area contributed by atoms with Crippen molar-refractivity contribution in [1.82, 2.24) is 10.2 Å². The average molecular weight is 232 g/mol. The van der Waals surface area contributed by atoms with Gasteiger partial charge in [-0.15, -0.1) is 0 Å². The van der Waals surface area contributed by atoms with E-state index in [-0.39, 0.29) is 6.61 Å². The lowest BCUT2D eigenvalue weighted by Gasteiger charge is -2.27. The number of hydrogen-bond donors (Lipinski definition) is 2. The van der Waals surface area contributed by atoms with Crippen molar-refractivity contribution in [3.05, 3.63) is 0 Å². The molecule has 0 saturated heterocycles. The highest BCUT2D eigenvalue weighted by Gasteiger charge is 2.08. The summed E-state index contributed by atoms with van der Waals surface area (Å²) in [5.74, 6) is 0. The van der Waals surface area contributed by atoms with E-state index in [1.54, 1.807) is 0 Å². The van der Waals surface area contributed by atoms with Gasteiger partial charge in [0, 0.05) is 32.2 Å². The molecule has 4 nitrogen and oxygen atoms in total. The van der Waals surface area contributed by atoms with E-state index in [0.717, 1.165) is 37.2 Å². The summed E-state index contributed by atoms with van der Waals surface area (Å²) in [6.07, 6.45) is 0. The van der Waals surface area contributed by atoms with E-state index in [2.05, 4.69) is 45.2 Å². The van der Waals surface area contributed by atoms with E-state index in [9.17, 15) is 0 Å². The highest BCUT2D eigenvalue weighted by molar-refractivity contribution is 4.63. The summed E-state index contributed by atoms with van der Waals surface area (Å²) >= 11 is 0. The van der Waals surface area contributed by atoms with Crippen LogP contribution in [0.2, 0.25) is 0 Å². The monoisotopic (exact) mass is 232 g/mol. The molecule has 0 saturated carbocycles. The largest absolute Gasteiger partial charge is 0.395 e. The molecule has 0 amide bonds. The standard InChI is InChI=1S/C12H30N3O/c1-12(2)14(9-11-16)8-6-13-7-10-15(3,4)5/h12-13,16H,6-11H2,1-5H3/q+1. The third kappa shape index (κ3) is 9.09. The summed E-state index contributed by atoms with van der Waals surface area (Å²) in [5.41, 5.74) is 0. The van der Waals surface area contributed by atoms with Gasteiger partial charge in [0.15, 0.2) is 0 Å². The Hall–Kier alpha value is -0.160. The molecule has 0 heterocycles. The first-order valence-electron chi connectivity index (χ1n) is 6.23. The Bertz CT molecular complexity index is 166. The highest BCUT2D eigenvalue weighted by Crippen LogP contribution is 1.95. The summed E-state index contributed by atoms with van der Waals surface area (Å²) < 4.78 is 0.998. The fourth-order valence-corrected chi connectivity index (χ4v) is 1.52. The van der Waals surface area contributed by atoms with Crippen LogP contribution in [0.25, 0.3) is 0 Å². The molecule has 16 heavy (non-hydrogen) atoms. The maximum atomic E-state index is 8.93. The van der Waals surface area contributed by atoms with E-state index in [0.29, 0.717) is 6.04 Å². The summed E-state index contributed by atoms with van der Waals surface area (Å²) in [7, 11) is 6.61. The van der Waals surface area contributed by atoms with Gasteiger partial charge < -0.3 is 14.9 Å². The van der Waals surface area contributed by atoms with Crippen molar-refractivity contribution in [2.75, 3.05) is 60.5 Å². The topological polar surface area (TPSA) is 35.5 Å². The van der Waals surface area contributed by atoms with Crippen molar-refractivity contribution in [3.63, 3.8) is 0 Å². The van der Waals surface area contributed by atoms with Crippen molar-refractivity contribution in [1.29, 1.82) is 0 Å². The van der Waals surface area contributed by atoms with Crippen LogP contribution in [0.5, 0.6) is 0 Å². The molecule has 0 atom stereocenters. The lowest BCUT2D eigenvalue weighted by atomic mass is 10.3. The van der Waals surface area contributed by atoms with Crippen molar-refractivity contribution in [2.45, 2.75) is 19.9 Å². The SMILES string of the molecule is CC(C)N(CCO)CCNCC[N+](C)(C)C. The molecule has 0 rings (SSSR count). The molecular formula is C12H30N3O+. The van der Waals surface area contributed by atoms with Crippen molar-refractivity contribution in [3.8, 4) is 0 Å². The van der Waals surface area contributed by atoms with Crippen LogP contribution in [-0.4, -0.2) is 81.0 Å². The molecule has 0 aliphatic carbocycles. The second-order valence-electron chi connectivity index (χ2n) is 5.62. The predicted molar refractivity (Wildman–Crippen MR) is 69.6 cm³/mol. The van der Waals surface area contributed by atoms with Crippen LogP contribution in [-0.2, 0) is 0 Å². The van der Waals surface area contributed by atoms with Gasteiger partial charge in [-0.05, 0) is 13.8 Å². The smallest absolute Gasteiger partial charge is 0.0907 e. The molecule has 0 aromatic heterocycles. The Kier molecular flexibility index (Phi) is 7.93. The summed E-state index contributed by atoms with van der Waals surface area (Å²) in [4.78, 5) is 2.29. The van der Waals surface area contributed by atoms with Gasteiger partial charge in [-0.3, -0.25) is 4.90 Å². The van der Waals surface area contributed by atoms with Crippen LogP contribution in [0.4, 0.5) is 0 Å². The molecular weight excluding hydrogens is 202 g/mol. The van der Waals surface area contributed by atoms with Gasteiger partial charge >= 0.3 is 0 Å². The van der Waals surface area contributed by atoms with Crippen molar-refractivity contribution in [2.24, 2.45) is 0 Å². The van der Waals surface area contributed by atoms with Gasteiger partial charge in [0.25, 0.3) is 0 Å². The van der Waals surface area contributed by atoms with E-state index in [1.165, 1.54) is 0 Å². The molecule has 0 bridgehead atoms. The molecule has 0 unspecified atom stereocenters. The summed E-state index contributed by atoms with van der Waals surface area (Å²) in [6.45, 7) is 9.55. The van der Waals surface area contributed by atoms with Crippen LogP contribution in [0.15, 0.2) is 0 Å². The van der Waals surface area contributed by atoms with Gasteiger partial charge in [0.1, 0.15) is 0 Å². The molecule has 0 aliphatic heterocycles. The second kappa shape index (κ2) is 8.01. The summed E-state index contributed by atoms with van der Waals surface area (Å²) in [6, 6.07) is 0.507. The van der Waals surface area contributed by atoms with Crippen LogP contribution in [0, 0.1) is 0 Å². The normalized spacial score (nSPS) is 12.8. The van der Waals surface area contributed by atoms with Crippen molar-refractivity contribution < 1.29 is 9.59 Å². The minimum absolute atomic E-state index is 0.247. The number of rotatable bonds is 9. The second-order valence-corrected chi connectivity index (χ2v) is 5.62. The quantitative estimate of drug-likeness (QED) is 0.433. The minimum Gasteiger partial charge on any atom is -0.395 e. The molecule has 0 radical (unpaired) electrons. The Morgan fingerprint density at radius 1 is 1.12 bits per heavy atom.